The normalized spacial score (nSPS) is 11.4. The molecule has 9 heteroatoms. The van der Waals surface area contributed by atoms with Crippen molar-refractivity contribution in [3.63, 3.8) is 0 Å². The second-order valence-corrected chi connectivity index (χ2v) is 7.30. The summed E-state index contributed by atoms with van der Waals surface area (Å²) in [4.78, 5) is 13.9. The molecule has 0 aliphatic heterocycles. The summed E-state index contributed by atoms with van der Waals surface area (Å²) in [6.45, 7) is 0.244. The molecule has 154 valence electrons. The van der Waals surface area contributed by atoms with Crippen molar-refractivity contribution < 1.29 is 27.8 Å². The lowest BCUT2D eigenvalue weighted by Gasteiger charge is -2.12. The number of nitrogens with one attached hydrogen (secondary N) is 1. The van der Waals surface area contributed by atoms with Gasteiger partial charge in [-0.15, -0.1) is 0 Å². The number of hydrogen-bond donors (Lipinski definition) is 2. The van der Waals surface area contributed by atoms with Crippen molar-refractivity contribution in [2.45, 2.75) is 19.0 Å². The molecular weight excluding hydrogens is 407 g/mol. The first kappa shape index (κ1) is 20.8. The van der Waals surface area contributed by atoms with Gasteiger partial charge < -0.3 is 14.6 Å². The number of thiazole rings is 1. The second kappa shape index (κ2) is 8.60. The molecule has 0 aliphatic rings. The van der Waals surface area contributed by atoms with Crippen LogP contribution in [0, 0.1) is 0 Å². The Balaban J connectivity index is 1.66. The number of aromatic nitrogens is 1. The average Bonchev–Trinajstić information content (AvgIpc) is 2.98. The van der Waals surface area contributed by atoms with Crippen LogP contribution in [0.25, 0.3) is 0 Å². The first-order chi connectivity index (χ1) is 13.8. The zero-order valence-corrected chi connectivity index (χ0v) is 16.2. The molecule has 0 fully saturated rings. The van der Waals surface area contributed by atoms with Gasteiger partial charge in [-0.2, -0.15) is 13.2 Å². The minimum Gasteiger partial charge on any atom is -0.496 e. The standard InChI is InChI=1S/C20H18F3NO4S/c1-27-16-7-2-12(11-17-18(25)24-19(26)29-17)10-13(16)8-9-28-15-5-3-14(4-6-15)20(21,22)23/h2-7,10,25H,8-9,11H2,1H3,(H,24,26). The Morgan fingerprint density at radius 2 is 1.86 bits per heavy atom. The molecule has 0 unspecified atom stereocenters. The highest BCUT2D eigenvalue weighted by Gasteiger charge is 2.30. The van der Waals surface area contributed by atoms with Gasteiger partial charge in [0.2, 0.25) is 5.88 Å². The Kier molecular flexibility index (Phi) is 6.17. The third-order valence-electron chi connectivity index (χ3n) is 4.23. The zero-order valence-electron chi connectivity index (χ0n) is 15.4. The van der Waals surface area contributed by atoms with E-state index >= 15 is 0 Å². The van der Waals surface area contributed by atoms with Crippen molar-refractivity contribution in [2.24, 2.45) is 0 Å². The van der Waals surface area contributed by atoms with Crippen molar-refractivity contribution >= 4 is 11.3 Å². The van der Waals surface area contributed by atoms with E-state index in [1.165, 1.54) is 12.1 Å². The van der Waals surface area contributed by atoms with Crippen molar-refractivity contribution in [1.29, 1.82) is 0 Å². The minimum atomic E-state index is -4.38. The Hall–Kier alpha value is -2.94. The fourth-order valence-corrected chi connectivity index (χ4v) is 3.57. The summed E-state index contributed by atoms with van der Waals surface area (Å²) in [7, 11) is 1.54. The fraction of sp³-hybridized carbons (Fsp3) is 0.250. The van der Waals surface area contributed by atoms with Gasteiger partial charge in [-0.1, -0.05) is 23.5 Å². The summed E-state index contributed by atoms with van der Waals surface area (Å²) in [5.74, 6) is 0.856. The van der Waals surface area contributed by atoms with Gasteiger partial charge in [0.25, 0.3) is 0 Å². The predicted molar refractivity (Wildman–Crippen MR) is 103 cm³/mol. The Morgan fingerprint density at radius 1 is 1.14 bits per heavy atom. The quantitative estimate of drug-likeness (QED) is 0.589. The SMILES string of the molecule is COc1ccc(Cc2sc(=O)[nH]c2O)cc1CCOc1ccc(C(F)(F)F)cc1. The zero-order chi connectivity index (χ0) is 21.0. The molecule has 0 amide bonds. The molecular formula is C20H18F3NO4S. The molecule has 0 radical (unpaired) electrons. The number of aromatic hydroxyl groups is 1. The van der Waals surface area contributed by atoms with Crippen molar-refractivity contribution in [3.8, 4) is 17.4 Å². The van der Waals surface area contributed by atoms with Crippen LogP contribution in [0.15, 0.2) is 47.3 Å². The molecule has 0 saturated carbocycles. The third kappa shape index (κ3) is 5.32. The molecule has 0 atom stereocenters. The van der Waals surface area contributed by atoms with Crippen LogP contribution in [0.4, 0.5) is 13.2 Å². The molecule has 0 bridgehead atoms. The molecule has 2 aromatic carbocycles. The number of benzene rings is 2. The monoisotopic (exact) mass is 425 g/mol. The van der Waals surface area contributed by atoms with Crippen LogP contribution in [0.2, 0.25) is 0 Å². The van der Waals surface area contributed by atoms with E-state index in [9.17, 15) is 23.1 Å². The molecule has 0 spiro atoms. The van der Waals surface area contributed by atoms with Gasteiger partial charge in [-0.3, -0.25) is 9.78 Å². The van der Waals surface area contributed by atoms with Gasteiger partial charge in [-0.05, 0) is 41.5 Å². The fourth-order valence-electron chi connectivity index (χ4n) is 2.81. The number of methoxy groups -OCH3 is 1. The van der Waals surface area contributed by atoms with Crippen LogP contribution in [0.1, 0.15) is 21.6 Å². The van der Waals surface area contributed by atoms with E-state index in [0.717, 1.165) is 34.6 Å². The van der Waals surface area contributed by atoms with E-state index in [2.05, 4.69) is 4.98 Å². The summed E-state index contributed by atoms with van der Waals surface area (Å²) in [6, 6.07) is 10.0. The number of rotatable bonds is 7. The number of aromatic amines is 1. The Labute approximate surface area is 168 Å². The number of H-pyrrole nitrogens is 1. The van der Waals surface area contributed by atoms with Gasteiger partial charge in [-0.25, -0.2) is 0 Å². The van der Waals surface area contributed by atoms with Crippen LogP contribution in [0.3, 0.4) is 0 Å². The van der Waals surface area contributed by atoms with Crippen molar-refractivity contribution in [1.82, 2.24) is 4.98 Å². The molecule has 5 nitrogen and oxygen atoms in total. The topological polar surface area (TPSA) is 71.6 Å². The molecule has 1 heterocycles. The van der Waals surface area contributed by atoms with Crippen LogP contribution >= 0.6 is 11.3 Å². The number of hydrogen-bond acceptors (Lipinski definition) is 5. The van der Waals surface area contributed by atoms with Crippen molar-refractivity contribution in [2.75, 3.05) is 13.7 Å². The summed E-state index contributed by atoms with van der Waals surface area (Å²) < 4.78 is 48.7. The van der Waals surface area contributed by atoms with E-state index in [1.54, 1.807) is 13.2 Å². The highest BCUT2D eigenvalue weighted by atomic mass is 32.1. The van der Waals surface area contributed by atoms with Gasteiger partial charge in [0.15, 0.2) is 0 Å². The summed E-state index contributed by atoms with van der Waals surface area (Å²) in [5, 5.41) is 9.74. The van der Waals surface area contributed by atoms with Crippen molar-refractivity contribution in [3.05, 3.63) is 73.7 Å². The van der Waals surface area contributed by atoms with Gasteiger partial charge in [0.1, 0.15) is 11.5 Å². The molecule has 0 aliphatic carbocycles. The highest BCUT2D eigenvalue weighted by molar-refractivity contribution is 7.09. The van der Waals surface area contributed by atoms with Gasteiger partial charge in [0.05, 0.1) is 24.2 Å². The minimum absolute atomic E-state index is 0.136. The molecule has 1 aromatic heterocycles. The number of alkyl halides is 3. The van der Waals surface area contributed by atoms with Gasteiger partial charge >= 0.3 is 11.0 Å². The molecule has 3 aromatic rings. The Morgan fingerprint density at radius 3 is 2.45 bits per heavy atom. The second-order valence-electron chi connectivity index (χ2n) is 6.23. The van der Waals surface area contributed by atoms with Crippen LogP contribution in [0.5, 0.6) is 17.4 Å². The largest absolute Gasteiger partial charge is 0.496 e. The molecule has 3 rings (SSSR count). The van der Waals surface area contributed by atoms with E-state index in [0.29, 0.717) is 29.2 Å². The molecule has 0 saturated heterocycles. The summed E-state index contributed by atoms with van der Waals surface area (Å²) >= 11 is 0.946. The average molecular weight is 425 g/mol. The van der Waals surface area contributed by atoms with Crippen LogP contribution in [-0.2, 0) is 19.0 Å². The molecule has 29 heavy (non-hydrogen) atoms. The maximum absolute atomic E-state index is 12.6. The van der Waals surface area contributed by atoms with Crippen LogP contribution in [-0.4, -0.2) is 23.8 Å². The number of halogens is 3. The van der Waals surface area contributed by atoms with Gasteiger partial charge in [0, 0.05) is 12.8 Å². The van der Waals surface area contributed by atoms with E-state index in [-0.39, 0.29) is 17.4 Å². The smallest absolute Gasteiger partial charge is 0.416 e. The summed E-state index contributed by atoms with van der Waals surface area (Å²) in [6.07, 6.45) is -3.53. The predicted octanol–water partition coefficient (Wildman–Crippen LogP) is 4.38. The maximum Gasteiger partial charge on any atom is 0.416 e. The summed E-state index contributed by atoms with van der Waals surface area (Å²) in [5.41, 5.74) is 0.995. The third-order valence-corrected chi connectivity index (χ3v) is 5.10. The lowest BCUT2D eigenvalue weighted by Crippen LogP contribution is -2.06. The maximum atomic E-state index is 12.6. The highest BCUT2D eigenvalue weighted by Crippen LogP contribution is 2.30. The first-order valence-corrected chi connectivity index (χ1v) is 9.44. The van der Waals surface area contributed by atoms with E-state index in [1.807, 2.05) is 12.1 Å². The number of ether oxygens (including phenoxy) is 2. The first-order valence-electron chi connectivity index (χ1n) is 8.63. The lowest BCUT2D eigenvalue weighted by atomic mass is 10.0. The molecule has 2 N–H and O–H groups in total. The van der Waals surface area contributed by atoms with E-state index in [4.69, 9.17) is 9.47 Å². The van der Waals surface area contributed by atoms with E-state index < -0.39 is 11.7 Å². The lowest BCUT2D eigenvalue weighted by molar-refractivity contribution is -0.137. The Bertz CT molecular complexity index is 1030. The van der Waals surface area contributed by atoms with Crippen LogP contribution < -0.4 is 14.3 Å².